The maximum absolute atomic E-state index is 13.0. The lowest BCUT2D eigenvalue weighted by Crippen LogP contribution is -2.35. The van der Waals surface area contributed by atoms with Gasteiger partial charge >= 0.3 is 6.03 Å². The molecule has 0 bridgehead atoms. The zero-order chi connectivity index (χ0) is 19.0. The van der Waals surface area contributed by atoms with E-state index in [2.05, 4.69) is 16.8 Å². The predicted molar refractivity (Wildman–Crippen MR) is 108 cm³/mol. The van der Waals surface area contributed by atoms with Crippen molar-refractivity contribution in [3.63, 3.8) is 0 Å². The van der Waals surface area contributed by atoms with Gasteiger partial charge in [0.15, 0.2) is 0 Å². The van der Waals surface area contributed by atoms with Gasteiger partial charge in [-0.3, -0.25) is 9.48 Å². The second kappa shape index (κ2) is 7.08. The molecular weight excluding hydrogens is 360 g/mol. The average molecular weight is 382 g/mol. The normalized spacial score (nSPS) is 16.7. The van der Waals surface area contributed by atoms with Crippen molar-refractivity contribution in [1.29, 1.82) is 0 Å². The number of nitrogens with zero attached hydrogens (tertiary/aromatic N) is 3. The summed E-state index contributed by atoms with van der Waals surface area (Å²) in [7, 11) is 1.82. The molecule has 1 aromatic carbocycles. The number of hydrogen-bond donors (Lipinski definition) is 1. The Morgan fingerprint density at radius 1 is 1.22 bits per heavy atom. The summed E-state index contributed by atoms with van der Waals surface area (Å²) in [6.07, 6.45) is 1.92. The molecule has 2 aromatic heterocycles. The van der Waals surface area contributed by atoms with Gasteiger partial charge in [-0.1, -0.05) is 18.2 Å². The molecule has 0 spiro atoms. The Hall–Kier alpha value is -2.80. The molecule has 1 aliphatic rings. The molecule has 2 amide bonds. The van der Waals surface area contributed by atoms with E-state index in [0.29, 0.717) is 12.2 Å². The fraction of sp³-hybridized carbons (Fsp3) is 0.300. The number of para-hydroxylation sites is 1. The summed E-state index contributed by atoms with van der Waals surface area (Å²) < 4.78 is 3.35. The number of carbonyl (C=O) groups excluding carboxylic acids is 1. The quantitative estimate of drug-likeness (QED) is 0.746. The van der Waals surface area contributed by atoms with E-state index in [1.165, 1.54) is 5.56 Å². The number of rotatable bonds is 3. The van der Waals surface area contributed by atoms with Gasteiger partial charge in [-0.05, 0) is 54.3 Å². The highest BCUT2D eigenvalue weighted by Gasteiger charge is 2.31. The minimum Gasteiger partial charge on any atom is -0.317 e. The van der Waals surface area contributed by atoms with Gasteiger partial charge in [-0.15, -0.1) is 0 Å². The lowest BCUT2D eigenvalue weighted by molar-refractivity contribution is 0.207. The molecule has 1 unspecified atom stereocenters. The van der Waals surface area contributed by atoms with Gasteiger partial charge in [0.1, 0.15) is 5.69 Å². The molecule has 1 atom stereocenters. The van der Waals surface area contributed by atoms with Crippen LogP contribution in [0.25, 0.3) is 5.69 Å². The second-order valence-corrected chi connectivity index (χ2v) is 7.55. The molecule has 6 nitrogen and oxygen atoms in total. The second-order valence-electron chi connectivity index (χ2n) is 6.77. The van der Waals surface area contributed by atoms with E-state index in [1.54, 1.807) is 20.7 Å². The van der Waals surface area contributed by atoms with Crippen LogP contribution in [0.3, 0.4) is 0 Å². The van der Waals surface area contributed by atoms with Crippen LogP contribution in [0.4, 0.5) is 10.5 Å². The molecule has 140 valence electrons. The number of benzene rings is 1. The highest BCUT2D eigenvalue weighted by atomic mass is 32.1. The van der Waals surface area contributed by atoms with Gasteiger partial charge in [0.25, 0.3) is 5.56 Å². The highest BCUT2D eigenvalue weighted by Crippen LogP contribution is 2.33. The zero-order valence-electron chi connectivity index (χ0n) is 15.4. The topological polar surface area (TPSA) is 59.3 Å². The van der Waals surface area contributed by atoms with Crippen molar-refractivity contribution in [2.45, 2.75) is 25.8 Å². The molecule has 0 saturated carbocycles. The average Bonchev–Trinajstić information content (AvgIpc) is 3.40. The predicted octanol–water partition coefficient (Wildman–Crippen LogP) is 3.91. The molecule has 0 aliphatic carbocycles. The Labute approximate surface area is 161 Å². The standard InChI is InChI=1S/C20H22N4O2S/c1-14-18(19(25)24(22(14)2)16-7-4-3-5-8-16)21-20(26)23-11-6-9-17(23)15-10-12-27-13-15/h3-5,7-8,10,12-13,17H,6,9,11H2,1-2H3,(H,21,26). The maximum atomic E-state index is 13.0. The minimum atomic E-state index is -0.221. The molecule has 1 aliphatic heterocycles. The van der Waals surface area contributed by atoms with Crippen molar-refractivity contribution in [2.75, 3.05) is 11.9 Å². The van der Waals surface area contributed by atoms with Gasteiger partial charge in [0, 0.05) is 13.6 Å². The van der Waals surface area contributed by atoms with Crippen molar-refractivity contribution in [3.05, 3.63) is 68.8 Å². The number of hydrogen-bond acceptors (Lipinski definition) is 3. The minimum absolute atomic E-state index is 0.0802. The monoisotopic (exact) mass is 382 g/mol. The fourth-order valence-corrected chi connectivity index (χ4v) is 4.42. The van der Waals surface area contributed by atoms with Crippen LogP contribution in [0, 0.1) is 6.92 Å². The van der Waals surface area contributed by atoms with E-state index in [9.17, 15) is 9.59 Å². The van der Waals surface area contributed by atoms with Crippen LogP contribution in [0.2, 0.25) is 0 Å². The van der Waals surface area contributed by atoms with Gasteiger partial charge < -0.3 is 10.2 Å². The Kier molecular flexibility index (Phi) is 4.61. The largest absolute Gasteiger partial charge is 0.322 e. The van der Waals surface area contributed by atoms with Gasteiger partial charge in [-0.25, -0.2) is 9.48 Å². The van der Waals surface area contributed by atoms with Crippen LogP contribution in [0.1, 0.15) is 30.1 Å². The number of anilines is 1. The number of amides is 2. The summed E-state index contributed by atoms with van der Waals surface area (Å²) in [5.74, 6) is 0. The Balaban J connectivity index is 1.63. The fourth-order valence-electron chi connectivity index (χ4n) is 3.71. The first-order valence-corrected chi connectivity index (χ1v) is 9.96. The third-order valence-corrected chi connectivity index (χ3v) is 5.93. The third-order valence-electron chi connectivity index (χ3n) is 5.23. The Morgan fingerprint density at radius 2 is 2.00 bits per heavy atom. The van der Waals surface area contributed by atoms with Crippen LogP contribution in [0.5, 0.6) is 0 Å². The molecule has 0 radical (unpaired) electrons. The van der Waals surface area contributed by atoms with Crippen molar-refractivity contribution in [2.24, 2.45) is 7.05 Å². The van der Waals surface area contributed by atoms with E-state index in [-0.39, 0.29) is 17.6 Å². The highest BCUT2D eigenvalue weighted by molar-refractivity contribution is 7.08. The lowest BCUT2D eigenvalue weighted by atomic mass is 10.1. The first-order chi connectivity index (χ1) is 13.1. The summed E-state index contributed by atoms with van der Waals surface area (Å²) in [6.45, 7) is 2.54. The van der Waals surface area contributed by atoms with Crippen LogP contribution in [-0.2, 0) is 7.05 Å². The molecular formula is C20H22N4O2S. The van der Waals surface area contributed by atoms with Crippen LogP contribution >= 0.6 is 11.3 Å². The maximum Gasteiger partial charge on any atom is 0.322 e. The molecule has 3 heterocycles. The molecule has 7 heteroatoms. The van der Waals surface area contributed by atoms with E-state index in [0.717, 1.165) is 24.2 Å². The number of urea groups is 1. The molecule has 1 N–H and O–H groups in total. The van der Waals surface area contributed by atoms with Crippen molar-refractivity contribution in [1.82, 2.24) is 14.3 Å². The SMILES string of the molecule is Cc1c(NC(=O)N2CCCC2c2ccsc2)c(=O)n(-c2ccccc2)n1C. The molecule has 3 aromatic rings. The third kappa shape index (κ3) is 3.08. The van der Waals surface area contributed by atoms with Crippen molar-refractivity contribution in [3.8, 4) is 5.69 Å². The number of aromatic nitrogens is 2. The van der Waals surface area contributed by atoms with Gasteiger partial charge in [-0.2, -0.15) is 11.3 Å². The summed E-state index contributed by atoms with van der Waals surface area (Å²) in [6, 6.07) is 11.4. The van der Waals surface area contributed by atoms with Crippen LogP contribution in [-0.4, -0.2) is 26.8 Å². The van der Waals surface area contributed by atoms with E-state index in [1.807, 2.05) is 54.6 Å². The number of carbonyl (C=O) groups is 1. The Bertz CT molecular complexity index is 1000. The molecule has 1 saturated heterocycles. The first kappa shape index (κ1) is 17.6. The van der Waals surface area contributed by atoms with Gasteiger partial charge in [0.2, 0.25) is 0 Å². The zero-order valence-corrected chi connectivity index (χ0v) is 16.2. The van der Waals surface area contributed by atoms with E-state index < -0.39 is 0 Å². The molecule has 1 fully saturated rings. The number of likely N-dealkylation sites (tertiary alicyclic amines) is 1. The van der Waals surface area contributed by atoms with Crippen LogP contribution in [0.15, 0.2) is 52.0 Å². The lowest BCUT2D eigenvalue weighted by Gasteiger charge is -2.24. The van der Waals surface area contributed by atoms with Gasteiger partial charge in [0.05, 0.1) is 17.4 Å². The molecule has 27 heavy (non-hydrogen) atoms. The van der Waals surface area contributed by atoms with E-state index in [4.69, 9.17) is 0 Å². The van der Waals surface area contributed by atoms with E-state index >= 15 is 0 Å². The van der Waals surface area contributed by atoms with Crippen LogP contribution < -0.4 is 10.9 Å². The molecule has 4 rings (SSSR count). The summed E-state index contributed by atoms with van der Waals surface area (Å²) in [5, 5.41) is 7.00. The summed E-state index contributed by atoms with van der Waals surface area (Å²) in [5.41, 5.74) is 2.77. The number of thiophene rings is 1. The Morgan fingerprint density at radius 3 is 2.70 bits per heavy atom. The summed E-state index contributed by atoms with van der Waals surface area (Å²) in [4.78, 5) is 27.8. The first-order valence-electron chi connectivity index (χ1n) is 9.01. The van der Waals surface area contributed by atoms with Crippen molar-refractivity contribution < 1.29 is 4.79 Å². The number of nitrogens with one attached hydrogen (secondary N) is 1. The van der Waals surface area contributed by atoms with Crippen molar-refractivity contribution >= 4 is 23.1 Å². The smallest absolute Gasteiger partial charge is 0.317 e. The summed E-state index contributed by atoms with van der Waals surface area (Å²) >= 11 is 1.64.